The number of thioether (sulfide) groups is 1. The molecule has 1 aliphatic rings. The van der Waals surface area contributed by atoms with Gasteiger partial charge < -0.3 is 10.2 Å². The minimum Gasteiger partial charge on any atom is -0.478 e. The lowest BCUT2D eigenvalue weighted by Gasteiger charge is -2.20. The molecule has 0 bridgehead atoms. The summed E-state index contributed by atoms with van der Waals surface area (Å²) in [5, 5.41) is 18.3. The van der Waals surface area contributed by atoms with Gasteiger partial charge in [-0.3, -0.25) is 4.90 Å². The summed E-state index contributed by atoms with van der Waals surface area (Å²) in [6.07, 6.45) is 0. The van der Waals surface area contributed by atoms with Crippen LogP contribution in [0.25, 0.3) is 0 Å². The molecule has 0 aromatic heterocycles. The number of hydrogen-bond acceptors (Lipinski definition) is 4. The van der Waals surface area contributed by atoms with Gasteiger partial charge in [-0.05, 0) is 34.9 Å². The van der Waals surface area contributed by atoms with Crippen molar-refractivity contribution in [3.63, 3.8) is 0 Å². The molecule has 0 atom stereocenters. The second-order valence-electron chi connectivity index (χ2n) is 5.66. The zero-order valence-electron chi connectivity index (χ0n) is 12.7. The summed E-state index contributed by atoms with van der Waals surface area (Å²) in [6.45, 7) is 2.68. The number of aromatic carboxylic acids is 1. The van der Waals surface area contributed by atoms with Crippen molar-refractivity contribution in [2.45, 2.75) is 24.6 Å². The van der Waals surface area contributed by atoms with Gasteiger partial charge in [0.2, 0.25) is 0 Å². The average Bonchev–Trinajstić information content (AvgIpc) is 2.76. The summed E-state index contributed by atoms with van der Waals surface area (Å²) < 4.78 is 0. The number of hydrogen-bond donors (Lipinski definition) is 2. The molecule has 2 N–H and O–H groups in total. The van der Waals surface area contributed by atoms with E-state index < -0.39 is 5.97 Å². The van der Waals surface area contributed by atoms with Crippen LogP contribution in [0.2, 0.25) is 0 Å². The summed E-state index contributed by atoms with van der Waals surface area (Å²) in [6, 6.07) is 13.2. The normalized spacial score (nSPS) is 15.0. The van der Waals surface area contributed by atoms with Crippen LogP contribution in [0.4, 0.5) is 0 Å². The van der Waals surface area contributed by atoms with E-state index in [9.17, 15) is 9.90 Å². The Morgan fingerprint density at radius 3 is 2.57 bits per heavy atom. The average molecular weight is 329 g/mol. The number of rotatable bonds is 4. The minimum atomic E-state index is -0.895. The predicted molar refractivity (Wildman–Crippen MR) is 90.6 cm³/mol. The summed E-state index contributed by atoms with van der Waals surface area (Å²) in [5.41, 5.74) is 3.62. The Morgan fingerprint density at radius 2 is 1.87 bits per heavy atom. The van der Waals surface area contributed by atoms with Gasteiger partial charge in [-0.1, -0.05) is 24.3 Å². The van der Waals surface area contributed by atoms with Crippen LogP contribution in [0.15, 0.2) is 47.4 Å². The SMILES string of the molecule is O=C(O)c1ccc(CN2CCSc3ccc(CO)cc3C2)cc1. The van der Waals surface area contributed by atoms with Gasteiger partial charge in [0.1, 0.15) is 0 Å². The highest BCUT2D eigenvalue weighted by molar-refractivity contribution is 7.99. The van der Waals surface area contributed by atoms with E-state index in [0.29, 0.717) is 5.56 Å². The fourth-order valence-corrected chi connectivity index (χ4v) is 3.79. The van der Waals surface area contributed by atoms with Crippen LogP contribution in [0.1, 0.15) is 27.0 Å². The maximum absolute atomic E-state index is 10.9. The molecule has 0 amide bonds. The Bertz CT molecular complexity index is 700. The van der Waals surface area contributed by atoms with E-state index in [0.717, 1.165) is 36.5 Å². The van der Waals surface area contributed by atoms with Gasteiger partial charge in [0.05, 0.1) is 12.2 Å². The third-order valence-corrected chi connectivity index (χ3v) is 5.07. The number of aliphatic hydroxyl groups is 1. The van der Waals surface area contributed by atoms with Crippen molar-refractivity contribution >= 4 is 17.7 Å². The summed E-state index contributed by atoms with van der Waals surface area (Å²) in [4.78, 5) is 14.6. The first-order valence-electron chi connectivity index (χ1n) is 7.56. The van der Waals surface area contributed by atoms with E-state index in [4.69, 9.17) is 5.11 Å². The zero-order chi connectivity index (χ0) is 16.2. The van der Waals surface area contributed by atoms with Gasteiger partial charge >= 0.3 is 5.97 Å². The molecule has 5 heteroatoms. The Kier molecular flexibility index (Phi) is 5.00. The van der Waals surface area contributed by atoms with E-state index in [1.54, 1.807) is 12.1 Å². The molecule has 0 fully saturated rings. The summed E-state index contributed by atoms with van der Waals surface area (Å²) in [7, 11) is 0. The topological polar surface area (TPSA) is 60.8 Å². The Balaban J connectivity index is 1.74. The molecule has 0 unspecified atom stereocenters. The van der Waals surface area contributed by atoms with Crippen LogP contribution in [-0.2, 0) is 19.7 Å². The lowest BCUT2D eigenvalue weighted by atomic mass is 10.1. The predicted octanol–water partition coefficient (Wildman–Crippen LogP) is 2.99. The van der Waals surface area contributed by atoms with Crippen molar-refractivity contribution in [1.82, 2.24) is 4.90 Å². The van der Waals surface area contributed by atoms with Gasteiger partial charge in [0, 0.05) is 30.3 Å². The van der Waals surface area contributed by atoms with Crippen molar-refractivity contribution < 1.29 is 15.0 Å². The summed E-state index contributed by atoms with van der Waals surface area (Å²) in [5.74, 6) is 0.131. The lowest BCUT2D eigenvalue weighted by molar-refractivity contribution is 0.0697. The highest BCUT2D eigenvalue weighted by Gasteiger charge is 2.15. The van der Waals surface area contributed by atoms with E-state index in [1.807, 2.05) is 30.0 Å². The van der Waals surface area contributed by atoms with E-state index in [2.05, 4.69) is 17.0 Å². The Morgan fingerprint density at radius 1 is 1.13 bits per heavy atom. The van der Waals surface area contributed by atoms with Crippen LogP contribution in [0.3, 0.4) is 0 Å². The van der Waals surface area contributed by atoms with Gasteiger partial charge in [-0.25, -0.2) is 4.79 Å². The van der Waals surface area contributed by atoms with E-state index >= 15 is 0 Å². The molecule has 1 heterocycles. The third-order valence-electron chi connectivity index (χ3n) is 3.97. The number of carbonyl (C=O) groups is 1. The van der Waals surface area contributed by atoms with Crippen molar-refractivity contribution in [1.29, 1.82) is 0 Å². The molecule has 0 spiro atoms. The number of benzene rings is 2. The first kappa shape index (κ1) is 16.1. The molecule has 23 heavy (non-hydrogen) atoms. The van der Waals surface area contributed by atoms with E-state index in [-0.39, 0.29) is 6.61 Å². The molecule has 4 nitrogen and oxygen atoms in total. The number of fused-ring (bicyclic) bond motifs is 1. The third kappa shape index (κ3) is 3.93. The van der Waals surface area contributed by atoms with Gasteiger partial charge in [0.15, 0.2) is 0 Å². The highest BCUT2D eigenvalue weighted by Crippen LogP contribution is 2.29. The van der Waals surface area contributed by atoms with Gasteiger partial charge in [0.25, 0.3) is 0 Å². The fraction of sp³-hybridized carbons (Fsp3) is 0.278. The van der Waals surface area contributed by atoms with E-state index in [1.165, 1.54) is 10.5 Å². The number of aliphatic hydroxyl groups excluding tert-OH is 1. The summed E-state index contributed by atoms with van der Waals surface area (Å²) >= 11 is 1.85. The molecule has 120 valence electrons. The monoisotopic (exact) mass is 329 g/mol. The number of carboxylic acid groups (broad SMARTS) is 1. The Labute approximate surface area is 139 Å². The minimum absolute atomic E-state index is 0.0641. The molecular weight excluding hydrogens is 310 g/mol. The second kappa shape index (κ2) is 7.17. The Hall–Kier alpha value is -1.82. The van der Waals surface area contributed by atoms with Gasteiger partial charge in [-0.2, -0.15) is 0 Å². The fourth-order valence-electron chi connectivity index (χ4n) is 2.75. The molecule has 2 aromatic rings. The van der Waals surface area contributed by atoms with Crippen LogP contribution < -0.4 is 0 Å². The molecule has 3 rings (SSSR count). The molecule has 2 aromatic carbocycles. The standard InChI is InChI=1S/C18H19NO3S/c20-12-14-3-6-17-16(9-14)11-19(7-8-23-17)10-13-1-4-15(5-2-13)18(21)22/h1-6,9,20H,7-8,10-12H2,(H,21,22). The number of carboxylic acids is 1. The smallest absolute Gasteiger partial charge is 0.335 e. The molecule has 0 aliphatic carbocycles. The molecule has 0 saturated carbocycles. The molecule has 0 radical (unpaired) electrons. The largest absolute Gasteiger partial charge is 0.478 e. The van der Waals surface area contributed by atoms with Crippen LogP contribution in [0, 0.1) is 0 Å². The first-order valence-corrected chi connectivity index (χ1v) is 8.54. The molecular formula is C18H19NO3S. The van der Waals surface area contributed by atoms with Crippen molar-refractivity contribution in [3.8, 4) is 0 Å². The zero-order valence-corrected chi connectivity index (χ0v) is 13.6. The maximum Gasteiger partial charge on any atom is 0.335 e. The highest BCUT2D eigenvalue weighted by atomic mass is 32.2. The van der Waals surface area contributed by atoms with Gasteiger partial charge in [-0.15, -0.1) is 11.8 Å². The van der Waals surface area contributed by atoms with Crippen molar-refractivity contribution in [2.24, 2.45) is 0 Å². The first-order chi connectivity index (χ1) is 11.2. The van der Waals surface area contributed by atoms with Crippen molar-refractivity contribution in [2.75, 3.05) is 12.3 Å². The second-order valence-corrected chi connectivity index (χ2v) is 6.80. The van der Waals surface area contributed by atoms with Crippen LogP contribution >= 0.6 is 11.8 Å². The molecule has 1 aliphatic heterocycles. The number of nitrogens with zero attached hydrogens (tertiary/aromatic N) is 1. The van der Waals surface area contributed by atoms with Crippen molar-refractivity contribution in [3.05, 3.63) is 64.7 Å². The van der Waals surface area contributed by atoms with Crippen LogP contribution in [-0.4, -0.2) is 33.4 Å². The molecule has 0 saturated heterocycles. The van der Waals surface area contributed by atoms with Crippen LogP contribution in [0.5, 0.6) is 0 Å². The quantitative estimate of drug-likeness (QED) is 0.903. The lowest BCUT2D eigenvalue weighted by Crippen LogP contribution is -2.24. The maximum atomic E-state index is 10.9.